The summed E-state index contributed by atoms with van der Waals surface area (Å²) in [5, 5.41) is 2.63. The third-order valence-electron chi connectivity index (χ3n) is 3.29. The van der Waals surface area contributed by atoms with E-state index in [4.69, 9.17) is 5.84 Å². The summed E-state index contributed by atoms with van der Waals surface area (Å²) in [6, 6.07) is 9.93. The van der Waals surface area contributed by atoms with Crippen molar-refractivity contribution in [2.24, 2.45) is 0 Å². The Morgan fingerprint density at radius 1 is 1.32 bits per heavy atom. The van der Waals surface area contributed by atoms with Crippen molar-refractivity contribution in [1.29, 1.82) is 0 Å². The molecule has 0 atom stereocenters. The largest absolute Gasteiger partial charge is 0.337 e. The Bertz CT molecular complexity index is 820. The van der Waals surface area contributed by atoms with E-state index >= 15 is 0 Å². The number of benzene rings is 1. The maximum atomic E-state index is 11.7. The summed E-state index contributed by atoms with van der Waals surface area (Å²) < 4.78 is 3.32. The SMILES string of the molecule is Cc1csc(=O)n1CCSc1nc(-c2ccccc2)cn1N. The van der Waals surface area contributed by atoms with Crippen molar-refractivity contribution in [1.82, 2.24) is 14.2 Å². The number of rotatable bonds is 5. The lowest BCUT2D eigenvalue weighted by Gasteiger charge is -2.04. The van der Waals surface area contributed by atoms with E-state index in [1.165, 1.54) is 16.0 Å². The number of aromatic nitrogens is 3. The highest BCUT2D eigenvalue weighted by Crippen LogP contribution is 2.22. The molecule has 0 unspecified atom stereocenters. The molecular formula is C15H16N4OS2. The molecule has 3 aromatic rings. The minimum atomic E-state index is 0.0826. The molecule has 5 nitrogen and oxygen atoms in total. The Morgan fingerprint density at radius 2 is 2.09 bits per heavy atom. The third kappa shape index (κ3) is 3.10. The van der Waals surface area contributed by atoms with Gasteiger partial charge >= 0.3 is 4.87 Å². The van der Waals surface area contributed by atoms with Crippen molar-refractivity contribution in [3.8, 4) is 11.3 Å². The van der Waals surface area contributed by atoms with Gasteiger partial charge in [0.2, 0.25) is 0 Å². The van der Waals surface area contributed by atoms with E-state index in [0.29, 0.717) is 6.54 Å². The molecule has 0 saturated heterocycles. The van der Waals surface area contributed by atoms with E-state index in [9.17, 15) is 4.79 Å². The van der Waals surface area contributed by atoms with Gasteiger partial charge in [0.05, 0.1) is 11.9 Å². The van der Waals surface area contributed by atoms with Crippen LogP contribution in [0.15, 0.2) is 51.9 Å². The fraction of sp³-hybridized carbons (Fsp3) is 0.200. The number of hydrogen-bond donors (Lipinski definition) is 1. The third-order valence-corrected chi connectivity index (χ3v) is 5.12. The molecule has 0 aliphatic carbocycles. The van der Waals surface area contributed by atoms with Crippen molar-refractivity contribution >= 4 is 23.1 Å². The van der Waals surface area contributed by atoms with E-state index in [1.54, 1.807) is 16.3 Å². The minimum Gasteiger partial charge on any atom is -0.337 e. The van der Waals surface area contributed by atoms with Gasteiger partial charge in [-0.25, -0.2) is 9.66 Å². The smallest absolute Gasteiger partial charge is 0.307 e. The Labute approximate surface area is 136 Å². The fourth-order valence-electron chi connectivity index (χ4n) is 2.13. The molecule has 0 radical (unpaired) electrons. The van der Waals surface area contributed by atoms with Crippen LogP contribution in [-0.4, -0.2) is 20.0 Å². The predicted molar refractivity (Wildman–Crippen MR) is 91.9 cm³/mol. The average Bonchev–Trinajstić information content (AvgIpc) is 3.05. The highest BCUT2D eigenvalue weighted by molar-refractivity contribution is 7.99. The van der Waals surface area contributed by atoms with Crippen molar-refractivity contribution in [3.63, 3.8) is 0 Å². The zero-order chi connectivity index (χ0) is 15.5. The molecule has 114 valence electrons. The van der Waals surface area contributed by atoms with Gasteiger partial charge in [-0.1, -0.05) is 53.4 Å². The molecule has 0 amide bonds. The Morgan fingerprint density at radius 3 is 2.77 bits per heavy atom. The Hall–Kier alpha value is -1.99. The molecule has 3 rings (SSSR count). The van der Waals surface area contributed by atoms with Crippen LogP contribution in [-0.2, 0) is 6.54 Å². The summed E-state index contributed by atoms with van der Waals surface area (Å²) in [4.78, 5) is 16.3. The van der Waals surface area contributed by atoms with E-state index < -0.39 is 0 Å². The first kappa shape index (κ1) is 14.9. The Kier molecular flexibility index (Phi) is 4.35. The zero-order valence-electron chi connectivity index (χ0n) is 12.1. The highest BCUT2D eigenvalue weighted by Gasteiger charge is 2.09. The summed E-state index contributed by atoms with van der Waals surface area (Å²) in [6.07, 6.45) is 1.82. The van der Waals surface area contributed by atoms with Gasteiger partial charge in [0, 0.05) is 28.9 Å². The summed E-state index contributed by atoms with van der Waals surface area (Å²) in [7, 11) is 0. The van der Waals surface area contributed by atoms with Crippen LogP contribution in [0.2, 0.25) is 0 Å². The van der Waals surface area contributed by atoms with Gasteiger partial charge < -0.3 is 10.4 Å². The van der Waals surface area contributed by atoms with Crippen molar-refractivity contribution in [2.75, 3.05) is 11.6 Å². The lowest BCUT2D eigenvalue weighted by Crippen LogP contribution is -2.16. The van der Waals surface area contributed by atoms with Crippen LogP contribution in [0.3, 0.4) is 0 Å². The number of thiazole rings is 1. The minimum absolute atomic E-state index is 0.0826. The monoisotopic (exact) mass is 332 g/mol. The molecule has 0 aliphatic heterocycles. The second-order valence-electron chi connectivity index (χ2n) is 4.83. The maximum Gasteiger partial charge on any atom is 0.307 e. The topological polar surface area (TPSA) is 65.8 Å². The maximum absolute atomic E-state index is 11.7. The predicted octanol–water partition coefficient (Wildman–Crippen LogP) is 2.59. The van der Waals surface area contributed by atoms with Gasteiger partial charge in [-0.2, -0.15) is 0 Å². The average molecular weight is 332 g/mol. The number of nitrogens with two attached hydrogens (primary N) is 1. The molecule has 0 aliphatic rings. The quantitative estimate of drug-likeness (QED) is 0.576. The van der Waals surface area contributed by atoms with Gasteiger partial charge in [-0.15, -0.1) is 0 Å². The molecule has 2 aromatic heterocycles. The lowest BCUT2D eigenvalue weighted by atomic mass is 10.2. The molecule has 0 fully saturated rings. The highest BCUT2D eigenvalue weighted by atomic mass is 32.2. The molecule has 0 saturated carbocycles. The molecule has 2 N–H and O–H groups in total. The van der Waals surface area contributed by atoms with Crippen LogP contribution in [0.4, 0.5) is 0 Å². The first-order chi connectivity index (χ1) is 10.6. The second-order valence-corrected chi connectivity index (χ2v) is 6.71. The van der Waals surface area contributed by atoms with Crippen LogP contribution in [0.25, 0.3) is 11.3 Å². The molecule has 1 aromatic carbocycles. The van der Waals surface area contributed by atoms with Gasteiger partial charge in [0.25, 0.3) is 0 Å². The first-order valence-corrected chi connectivity index (χ1v) is 8.69. The van der Waals surface area contributed by atoms with E-state index in [2.05, 4.69) is 4.98 Å². The number of thioether (sulfide) groups is 1. The normalized spacial score (nSPS) is 11.0. The van der Waals surface area contributed by atoms with Gasteiger partial charge in [0.1, 0.15) is 0 Å². The number of nitrogens with zero attached hydrogens (tertiary/aromatic N) is 3. The number of hydrogen-bond acceptors (Lipinski definition) is 5. The summed E-state index contributed by atoms with van der Waals surface area (Å²) >= 11 is 2.78. The molecule has 7 heteroatoms. The molecular weight excluding hydrogens is 316 g/mol. The van der Waals surface area contributed by atoms with Gasteiger partial charge in [0.15, 0.2) is 5.16 Å². The number of aryl methyl sites for hydroxylation is 1. The number of nitrogen functional groups attached to an aromatic ring is 1. The van der Waals surface area contributed by atoms with Gasteiger partial charge in [-0.05, 0) is 6.92 Å². The summed E-state index contributed by atoms with van der Waals surface area (Å²) in [5.74, 6) is 6.71. The molecule has 0 bridgehead atoms. The molecule has 0 spiro atoms. The van der Waals surface area contributed by atoms with Crippen LogP contribution in [0, 0.1) is 6.92 Å². The zero-order valence-corrected chi connectivity index (χ0v) is 13.7. The summed E-state index contributed by atoms with van der Waals surface area (Å²) in [6.45, 7) is 2.60. The number of imidazole rings is 1. The molecule has 2 heterocycles. The van der Waals surface area contributed by atoms with Crippen molar-refractivity contribution in [3.05, 3.63) is 57.3 Å². The van der Waals surface area contributed by atoms with Crippen molar-refractivity contribution < 1.29 is 0 Å². The van der Waals surface area contributed by atoms with E-state index in [0.717, 1.165) is 27.9 Å². The lowest BCUT2D eigenvalue weighted by molar-refractivity contribution is 0.728. The van der Waals surface area contributed by atoms with Crippen LogP contribution >= 0.6 is 23.1 Å². The Balaban J connectivity index is 1.69. The van der Waals surface area contributed by atoms with Crippen LogP contribution in [0.5, 0.6) is 0 Å². The van der Waals surface area contributed by atoms with Crippen molar-refractivity contribution in [2.45, 2.75) is 18.6 Å². The molecule has 22 heavy (non-hydrogen) atoms. The second kappa shape index (κ2) is 6.41. The standard InChI is InChI=1S/C15H16N4OS2/c1-11-10-22-15(20)18(11)7-8-21-14-17-13(9-19(14)16)12-5-3-2-4-6-12/h2-6,9-10H,7-8,16H2,1H3. The van der Waals surface area contributed by atoms with E-state index in [1.807, 2.05) is 48.8 Å². The van der Waals surface area contributed by atoms with E-state index in [-0.39, 0.29) is 4.87 Å². The van der Waals surface area contributed by atoms with Crippen LogP contribution < -0.4 is 10.7 Å². The first-order valence-electron chi connectivity index (χ1n) is 6.83. The fourth-order valence-corrected chi connectivity index (χ4v) is 3.72. The van der Waals surface area contributed by atoms with Gasteiger partial charge in [-0.3, -0.25) is 4.79 Å². The van der Waals surface area contributed by atoms with Crippen LogP contribution in [0.1, 0.15) is 5.69 Å². The summed E-state index contributed by atoms with van der Waals surface area (Å²) in [5.41, 5.74) is 2.89.